The molecule has 2 rings (SSSR count). The molecule has 1 aromatic carbocycles. The van der Waals surface area contributed by atoms with E-state index in [-0.39, 0.29) is 12.2 Å². The summed E-state index contributed by atoms with van der Waals surface area (Å²) in [4.78, 5) is 15.4. The monoisotopic (exact) mass is 434 g/mol. The van der Waals surface area contributed by atoms with E-state index in [9.17, 15) is 9.18 Å². The molecule has 0 aliphatic heterocycles. The number of carbonyl (C=O) groups is 1. The lowest BCUT2D eigenvalue weighted by Gasteiger charge is -2.08. The van der Waals surface area contributed by atoms with Crippen LogP contribution in [-0.2, 0) is 6.42 Å². The van der Waals surface area contributed by atoms with Crippen molar-refractivity contribution in [3.63, 3.8) is 0 Å². The molecule has 0 aliphatic carbocycles. The molecule has 0 spiro atoms. The first kappa shape index (κ1) is 14.4. The van der Waals surface area contributed by atoms with Crippen molar-refractivity contribution in [1.29, 1.82) is 0 Å². The lowest BCUT2D eigenvalue weighted by molar-refractivity contribution is 0.0999. The molecule has 0 bridgehead atoms. The summed E-state index contributed by atoms with van der Waals surface area (Å²) in [7, 11) is 0. The average Bonchev–Trinajstić information content (AvgIpc) is 2.34. The van der Waals surface area contributed by atoms with Crippen molar-refractivity contribution in [2.75, 3.05) is 0 Å². The summed E-state index contributed by atoms with van der Waals surface area (Å²) in [6, 6.07) is 6.51. The van der Waals surface area contributed by atoms with Crippen molar-refractivity contribution in [2.24, 2.45) is 5.73 Å². The standard InChI is InChI=1S/C13H9BrFIN2O/c14-12-5-10(13(17)19)8(6-18-12)3-7-1-2-9(16)4-11(7)15/h1-2,4-6H,3H2,(H2,17,19). The predicted octanol–water partition coefficient (Wildman–Crippen LogP) is 3.28. The zero-order chi connectivity index (χ0) is 14.0. The van der Waals surface area contributed by atoms with Crippen molar-refractivity contribution < 1.29 is 9.18 Å². The molecule has 1 aromatic heterocycles. The Morgan fingerprint density at radius 2 is 2.11 bits per heavy atom. The van der Waals surface area contributed by atoms with Gasteiger partial charge in [0, 0.05) is 21.8 Å². The third kappa shape index (κ3) is 3.50. The fraction of sp³-hybridized carbons (Fsp3) is 0.0769. The number of carbonyl (C=O) groups excluding carboxylic acids is 1. The van der Waals surface area contributed by atoms with Gasteiger partial charge >= 0.3 is 0 Å². The number of hydrogen-bond donors (Lipinski definition) is 1. The zero-order valence-electron chi connectivity index (χ0n) is 9.66. The highest BCUT2D eigenvalue weighted by Crippen LogP contribution is 2.20. The van der Waals surface area contributed by atoms with E-state index in [1.54, 1.807) is 12.1 Å². The molecule has 2 N–H and O–H groups in total. The molecule has 0 saturated heterocycles. The van der Waals surface area contributed by atoms with E-state index in [2.05, 4.69) is 20.9 Å². The second-order valence-electron chi connectivity index (χ2n) is 3.94. The van der Waals surface area contributed by atoms with Crippen molar-refractivity contribution in [1.82, 2.24) is 4.98 Å². The molecule has 0 aliphatic rings. The summed E-state index contributed by atoms with van der Waals surface area (Å²) >= 11 is 5.22. The third-order valence-corrected chi connectivity index (χ3v) is 3.72. The minimum Gasteiger partial charge on any atom is -0.366 e. The highest BCUT2D eigenvalue weighted by Gasteiger charge is 2.12. The average molecular weight is 435 g/mol. The Hall–Kier alpha value is -1.02. The summed E-state index contributed by atoms with van der Waals surface area (Å²) in [5, 5.41) is 0. The fourth-order valence-electron chi connectivity index (χ4n) is 1.70. The zero-order valence-corrected chi connectivity index (χ0v) is 13.4. The first-order valence-electron chi connectivity index (χ1n) is 5.35. The molecule has 2 aromatic rings. The minimum absolute atomic E-state index is 0.279. The van der Waals surface area contributed by atoms with Gasteiger partial charge in [-0.1, -0.05) is 6.07 Å². The second kappa shape index (κ2) is 5.96. The van der Waals surface area contributed by atoms with Crippen LogP contribution in [0.25, 0.3) is 0 Å². The summed E-state index contributed by atoms with van der Waals surface area (Å²) in [6.07, 6.45) is 1.81. The predicted molar refractivity (Wildman–Crippen MR) is 82.4 cm³/mol. The Morgan fingerprint density at radius 3 is 2.74 bits per heavy atom. The van der Waals surface area contributed by atoms with Gasteiger partial charge in [-0.2, -0.15) is 0 Å². The molecule has 1 heterocycles. The van der Waals surface area contributed by atoms with Crippen molar-refractivity contribution in [3.8, 4) is 0 Å². The third-order valence-electron chi connectivity index (χ3n) is 2.61. The molecule has 0 unspecified atom stereocenters. The molecule has 0 atom stereocenters. The molecule has 6 heteroatoms. The Kier molecular flexibility index (Phi) is 4.51. The smallest absolute Gasteiger partial charge is 0.249 e. The van der Waals surface area contributed by atoms with Crippen LogP contribution in [-0.4, -0.2) is 10.9 Å². The van der Waals surface area contributed by atoms with Gasteiger partial charge in [-0.05, 0) is 67.8 Å². The molecule has 0 saturated carbocycles. The molecule has 0 radical (unpaired) electrons. The summed E-state index contributed by atoms with van der Waals surface area (Å²) in [5.74, 6) is -0.853. The number of nitrogens with zero attached hydrogens (tertiary/aromatic N) is 1. The van der Waals surface area contributed by atoms with Gasteiger partial charge in [0.15, 0.2) is 0 Å². The van der Waals surface area contributed by atoms with E-state index in [1.165, 1.54) is 12.3 Å². The minimum atomic E-state index is -0.552. The highest BCUT2D eigenvalue weighted by atomic mass is 127. The van der Waals surface area contributed by atoms with Crippen LogP contribution >= 0.6 is 38.5 Å². The number of halogens is 3. The van der Waals surface area contributed by atoms with E-state index < -0.39 is 5.91 Å². The number of amides is 1. The summed E-state index contributed by atoms with van der Waals surface area (Å²) in [6.45, 7) is 0. The molecule has 19 heavy (non-hydrogen) atoms. The number of rotatable bonds is 3. The molecular formula is C13H9BrFIN2O. The number of primary amides is 1. The van der Waals surface area contributed by atoms with E-state index >= 15 is 0 Å². The maximum atomic E-state index is 13.8. The van der Waals surface area contributed by atoms with Gasteiger partial charge in [-0.25, -0.2) is 9.37 Å². The molecule has 1 amide bonds. The lowest BCUT2D eigenvalue weighted by Crippen LogP contribution is -2.14. The van der Waals surface area contributed by atoms with Crippen LogP contribution in [0.5, 0.6) is 0 Å². The first-order valence-corrected chi connectivity index (χ1v) is 7.22. The molecular weight excluding hydrogens is 426 g/mol. The van der Waals surface area contributed by atoms with Gasteiger partial charge < -0.3 is 5.73 Å². The van der Waals surface area contributed by atoms with Crippen LogP contribution in [0.3, 0.4) is 0 Å². The van der Waals surface area contributed by atoms with Crippen LogP contribution in [0.15, 0.2) is 35.1 Å². The van der Waals surface area contributed by atoms with E-state index in [0.29, 0.717) is 21.3 Å². The number of nitrogens with two attached hydrogens (primary N) is 1. The fourth-order valence-corrected chi connectivity index (χ4v) is 2.48. The van der Waals surface area contributed by atoms with Crippen LogP contribution < -0.4 is 5.73 Å². The largest absolute Gasteiger partial charge is 0.366 e. The van der Waals surface area contributed by atoms with Gasteiger partial charge in [0.25, 0.3) is 0 Å². The highest BCUT2D eigenvalue weighted by molar-refractivity contribution is 14.1. The second-order valence-corrected chi connectivity index (χ2v) is 6.00. The maximum Gasteiger partial charge on any atom is 0.249 e. The van der Waals surface area contributed by atoms with Gasteiger partial charge in [-0.15, -0.1) is 0 Å². The van der Waals surface area contributed by atoms with E-state index in [1.807, 2.05) is 28.7 Å². The van der Waals surface area contributed by atoms with E-state index in [4.69, 9.17) is 5.73 Å². The number of hydrogen-bond acceptors (Lipinski definition) is 2. The van der Waals surface area contributed by atoms with Gasteiger partial charge in [-0.3, -0.25) is 4.79 Å². The van der Waals surface area contributed by atoms with Crippen molar-refractivity contribution in [2.45, 2.75) is 6.42 Å². The quantitative estimate of drug-likeness (QED) is 0.595. The number of benzene rings is 1. The first-order chi connectivity index (χ1) is 8.97. The molecule has 0 fully saturated rings. The van der Waals surface area contributed by atoms with Crippen LogP contribution in [0.1, 0.15) is 21.5 Å². The number of aromatic nitrogens is 1. The Balaban J connectivity index is 2.40. The maximum absolute atomic E-state index is 13.8. The summed E-state index contributed by atoms with van der Waals surface area (Å²) < 4.78 is 15.1. The molecule has 3 nitrogen and oxygen atoms in total. The van der Waals surface area contributed by atoms with Gasteiger partial charge in [0.05, 0.1) is 0 Å². The Bertz CT molecular complexity index is 649. The van der Waals surface area contributed by atoms with Gasteiger partial charge in [0.1, 0.15) is 10.4 Å². The SMILES string of the molecule is NC(=O)c1cc(Br)ncc1Cc1ccc(I)cc1F. The summed E-state index contributed by atoms with van der Waals surface area (Å²) in [5.41, 5.74) is 6.78. The van der Waals surface area contributed by atoms with Gasteiger partial charge in [0.2, 0.25) is 5.91 Å². The normalized spacial score (nSPS) is 10.5. The van der Waals surface area contributed by atoms with Crippen LogP contribution in [0.4, 0.5) is 4.39 Å². The van der Waals surface area contributed by atoms with Crippen LogP contribution in [0.2, 0.25) is 0 Å². The van der Waals surface area contributed by atoms with Crippen molar-refractivity contribution >= 4 is 44.4 Å². The lowest BCUT2D eigenvalue weighted by atomic mass is 10.0. The Morgan fingerprint density at radius 1 is 1.37 bits per heavy atom. The Labute approximate surface area is 131 Å². The van der Waals surface area contributed by atoms with E-state index in [0.717, 1.165) is 3.57 Å². The van der Waals surface area contributed by atoms with Crippen molar-refractivity contribution in [3.05, 3.63) is 61.1 Å². The topological polar surface area (TPSA) is 56.0 Å². The molecule has 98 valence electrons. The number of pyridine rings is 1. The van der Waals surface area contributed by atoms with Crippen LogP contribution in [0, 0.1) is 9.39 Å².